The molecule has 23 heteroatoms. The molecule has 12 atom stereocenters. The van der Waals surface area contributed by atoms with E-state index in [9.17, 15) is 29.4 Å². The standard InChI is InChI=1S/C32H43N3O2.C31H42N4O2.C30H40N4O2.C29H38N4O2.4CH4/c1-2-20-35-28-12-8-13-29(35)23-34(21-19-28)31(26-9-7-14-30(36)22-26)24-15-17-25(18-16-24)32(37)33-27-10-5-3-4-6-11-27;1-3-18-35-27-10-8-11-28(35)23-33(21-17-27)30(26-9-7-12-29(22-26)37-2)24-13-15-25(16-14-24)31(36)32-34-19-5-4-6-20-34;1-3-17-34-26-9-7-10-27(34)22-32(20-16-26)29(25-8-6-11-28(21-25)36-2)23-12-14-24(15-13-23)30(35)31-33-18-4-5-19-33;1-2-16-33-25-8-6-9-26(33)21-31(19-15-25)28(24-7-5-10-27(34)20-24)22-11-13-23(14-12-22)29(35)30-32-17-3-4-18-32;;;;/h2,7,9,14-18,22,27-29,31,36H,1,3-6,8,10-13,19-21,23H2,(H,33,37);3,7,9,12-16,22,27-28,30H,1,4-6,8,10-11,17-21,23H2,2H3,(H,32,36);3,6,8,11-15,21,26-27,29H,1,4-5,7,9-10,16-20,22H2,2H3,(H,31,35);2,5,7,10-14,20,25-26,28,34H,1,3-4,6,8-9,15-19,21H2,(H,30,35);4*1H4. The Bertz CT molecular complexity index is 5490. The van der Waals surface area contributed by atoms with Crippen LogP contribution in [-0.2, 0) is 0 Å². The van der Waals surface area contributed by atoms with Crippen molar-refractivity contribution in [1.82, 2.24) is 75.8 Å². The Morgan fingerprint density at radius 3 is 0.805 bits per heavy atom. The average molecular weight is 2030 g/mol. The maximum Gasteiger partial charge on any atom is 0.265 e. The van der Waals surface area contributed by atoms with E-state index in [0.29, 0.717) is 76.8 Å². The molecule has 0 radical (unpaired) electrons. The number of phenols is 2. The van der Waals surface area contributed by atoms with E-state index >= 15 is 0 Å². The minimum absolute atomic E-state index is 0. The van der Waals surface area contributed by atoms with Crippen molar-refractivity contribution in [1.29, 1.82) is 0 Å². The molecule has 1 aliphatic carbocycles. The number of aromatic hydroxyl groups is 2. The zero-order valence-corrected chi connectivity index (χ0v) is 86.6. The largest absolute Gasteiger partial charge is 0.508 e. The second-order valence-corrected chi connectivity index (χ2v) is 42.8. The highest BCUT2D eigenvalue weighted by atomic mass is 16.5. The van der Waals surface area contributed by atoms with Gasteiger partial charge in [-0.05, 0) is 270 Å². The third kappa shape index (κ3) is 30.3. The van der Waals surface area contributed by atoms with Gasteiger partial charge < -0.3 is 25.0 Å². The molecule has 23 nitrogen and oxygen atoms in total. The topological polar surface area (TPSA) is 211 Å². The Balaban J connectivity index is 0.000000164. The monoisotopic (exact) mass is 2030 g/mol. The van der Waals surface area contributed by atoms with Crippen molar-refractivity contribution >= 4 is 23.6 Å². The summed E-state index contributed by atoms with van der Waals surface area (Å²) in [6.45, 7) is 33.7. The normalized spacial score (nSPS) is 23.7. The number of benzene rings is 8. The zero-order valence-electron chi connectivity index (χ0n) is 86.6. The first-order valence-electron chi connectivity index (χ1n) is 55.2. The molecule has 11 saturated heterocycles. The summed E-state index contributed by atoms with van der Waals surface area (Å²) in [5.41, 5.74) is 21.4. The number of hydrogen-bond acceptors (Lipinski definition) is 19. The number of amides is 4. The molecule has 8 bridgehead atoms. The van der Waals surface area contributed by atoms with Crippen molar-refractivity contribution in [2.75, 3.05) is 132 Å². The molecule has 11 heterocycles. The number of rotatable bonds is 30. The van der Waals surface area contributed by atoms with E-state index in [1.54, 1.807) is 26.4 Å². The molecule has 4 amide bonds. The van der Waals surface area contributed by atoms with Crippen molar-refractivity contribution in [3.8, 4) is 23.0 Å². The third-order valence-corrected chi connectivity index (χ3v) is 33.3. The minimum Gasteiger partial charge on any atom is -0.508 e. The number of carbonyl (C=O) groups excluding carboxylic acids is 4. The number of fused-ring (bicyclic) bond motifs is 8. The molecule has 12 fully saturated rings. The Kier molecular flexibility index (Phi) is 44.7. The summed E-state index contributed by atoms with van der Waals surface area (Å²) in [5.74, 6) is 2.29. The van der Waals surface area contributed by atoms with Crippen LogP contribution < -0.4 is 31.1 Å². The van der Waals surface area contributed by atoms with E-state index in [1.807, 2.05) is 107 Å². The Morgan fingerprint density at radius 2 is 0.537 bits per heavy atom. The average Bonchev–Trinajstić information content (AvgIpc) is 1.71. The van der Waals surface area contributed by atoms with Crippen LogP contribution in [0.5, 0.6) is 23.0 Å². The summed E-state index contributed by atoms with van der Waals surface area (Å²) in [4.78, 5) is 72.7. The molecule has 1 saturated carbocycles. The summed E-state index contributed by atoms with van der Waals surface area (Å²) in [5, 5.41) is 30.0. The lowest BCUT2D eigenvalue weighted by atomic mass is 9.94. The van der Waals surface area contributed by atoms with E-state index in [1.165, 1.54) is 150 Å². The van der Waals surface area contributed by atoms with Gasteiger partial charge in [-0.1, -0.05) is 209 Å². The van der Waals surface area contributed by atoms with E-state index in [2.05, 4.69) is 201 Å². The van der Waals surface area contributed by atoms with Crippen LogP contribution in [0.15, 0.2) is 245 Å². The number of ether oxygens (including phenoxy) is 2. The maximum absolute atomic E-state index is 13.0. The number of piperidine rings is 5. The minimum atomic E-state index is -0.0454. The highest BCUT2D eigenvalue weighted by Gasteiger charge is 2.43. The van der Waals surface area contributed by atoms with Crippen LogP contribution in [0.2, 0.25) is 0 Å². The van der Waals surface area contributed by atoms with Gasteiger partial charge in [-0.25, -0.2) is 15.0 Å². The number of carbonyl (C=O) groups is 4. The molecule has 20 rings (SSSR count). The predicted molar refractivity (Wildman–Crippen MR) is 609 cm³/mol. The molecule has 12 unspecified atom stereocenters. The fourth-order valence-electron chi connectivity index (χ4n) is 26.1. The van der Waals surface area contributed by atoms with Crippen LogP contribution in [0.1, 0.15) is 326 Å². The summed E-state index contributed by atoms with van der Waals surface area (Å²) in [6, 6.07) is 70.3. The van der Waals surface area contributed by atoms with Crippen LogP contribution in [0.4, 0.5) is 0 Å². The quantitative estimate of drug-likeness (QED) is 0.0183. The van der Waals surface area contributed by atoms with Crippen LogP contribution in [-0.4, -0.2) is 274 Å². The smallest absolute Gasteiger partial charge is 0.265 e. The second-order valence-electron chi connectivity index (χ2n) is 42.8. The SMILES string of the molecule is C.C.C.C.C=CCN1C2CCCC1CN(C(c1ccc(C(=O)NC3CCCCCC3)cc1)c1cccc(O)c1)CC2.C=CCN1C2CCCC1CN(C(c1ccc(C(=O)NN3CCCC3)cc1)c1cccc(O)c1)CC2.C=CCN1C2CCCC1CN(C(c1ccc(C(=O)NN3CCCC3)cc1)c1cccc(OC)c1)CC2.C=CCN1C2CCCC1CN(C(c1ccc(C(=O)NN3CCCCC3)cc1)c1cccc(OC)c1)CC2. The van der Waals surface area contributed by atoms with Gasteiger partial charge in [0.1, 0.15) is 23.0 Å². The number of hydrazine groups is 3. The van der Waals surface area contributed by atoms with Gasteiger partial charge in [-0.15, -0.1) is 26.3 Å². The molecule has 12 aliphatic rings. The van der Waals surface area contributed by atoms with Gasteiger partial charge >= 0.3 is 0 Å². The number of nitrogens with one attached hydrogen (secondary N) is 4. The molecule has 0 aromatic heterocycles. The lowest BCUT2D eigenvalue weighted by Gasteiger charge is -2.41. The van der Waals surface area contributed by atoms with E-state index in [4.69, 9.17) is 9.47 Å². The Hall–Kier alpha value is -10.6. The first-order valence-corrected chi connectivity index (χ1v) is 55.2. The van der Waals surface area contributed by atoms with Gasteiger partial charge in [0.05, 0.1) is 38.4 Å². The third-order valence-electron chi connectivity index (χ3n) is 33.3. The number of hydrogen-bond donors (Lipinski definition) is 6. The van der Waals surface area contributed by atoms with Gasteiger partial charge in [0.25, 0.3) is 23.6 Å². The van der Waals surface area contributed by atoms with Gasteiger partial charge in [-0.2, -0.15) is 0 Å². The van der Waals surface area contributed by atoms with Crippen molar-refractivity contribution in [3.05, 3.63) is 312 Å². The van der Waals surface area contributed by atoms with Gasteiger partial charge in [-0.3, -0.25) is 74.7 Å². The fourth-order valence-corrected chi connectivity index (χ4v) is 26.1. The van der Waals surface area contributed by atoms with Gasteiger partial charge in [0.15, 0.2) is 0 Å². The summed E-state index contributed by atoms with van der Waals surface area (Å²) < 4.78 is 11.2. The molecule has 806 valence electrons. The molecular weight excluding hydrogens is 1850 g/mol. The molecule has 6 N–H and O–H groups in total. The molecular formula is C126H179N15O8. The van der Waals surface area contributed by atoms with Crippen LogP contribution in [0.25, 0.3) is 0 Å². The fraction of sp³-hybridized carbons (Fsp3) is 0.524. The Morgan fingerprint density at radius 1 is 0.289 bits per heavy atom. The highest BCUT2D eigenvalue weighted by molar-refractivity contribution is 5.96. The zero-order chi connectivity index (χ0) is 100. The molecule has 8 aromatic rings. The summed E-state index contributed by atoms with van der Waals surface area (Å²) >= 11 is 0. The highest BCUT2D eigenvalue weighted by Crippen LogP contribution is 2.44. The molecule has 149 heavy (non-hydrogen) atoms. The lowest BCUT2D eigenvalue weighted by Crippen LogP contribution is -2.48. The van der Waals surface area contributed by atoms with Crippen LogP contribution >= 0.6 is 0 Å². The Labute approximate surface area is 893 Å². The second kappa shape index (κ2) is 57.7. The van der Waals surface area contributed by atoms with Gasteiger partial charge in [0, 0.05) is 194 Å². The molecule has 8 aromatic carbocycles. The maximum atomic E-state index is 13.0. The van der Waals surface area contributed by atoms with E-state index in [-0.39, 0.29) is 83.3 Å². The summed E-state index contributed by atoms with van der Waals surface area (Å²) in [6.07, 6.45) is 43.2. The number of nitrogens with zero attached hydrogens (tertiary/aromatic N) is 11. The van der Waals surface area contributed by atoms with Crippen molar-refractivity contribution in [3.63, 3.8) is 0 Å². The van der Waals surface area contributed by atoms with Gasteiger partial charge in [0.2, 0.25) is 0 Å². The molecule has 0 spiro atoms. The van der Waals surface area contributed by atoms with Crippen molar-refractivity contribution in [2.45, 2.75) is 294 Å². The summed E-state index contributed by atoms with van der Waals surface area (Å²) in [7, 11) is 3.45. The van der Waals surface area contributed by atoms with Crippen molar-refractivity contribution in [2.24, 2.45) is 0 Å². The first kappa shape index (κ1) is 115. The van der Waals surface area contributed by atoms with Crippen molar-refractivity contribution < 1.29 is 38.9 Å². The van der Waals surface area contributed by atoms with E-state index < -0.39 is 0 Å². The number of phenolic OH excluding ortho intramolecular Hbond substituents is 2. The number of methoxy groups -OCH3 is 2. The van der Waals surface area contributed by atoms with Crippen LogP contribution in [0, 0.1) is 0 Å². The van der Waals surface area contributed by atoms with E-state index in [0.717, 1.165) is 216 Å². The van der Waals surface area contributed by atoms with Crippen LogP contribution in [0.3, 0.4) is 0 Å². The lowest BCUT2D eigenvalue weighted by molar-refractivity contribution is 0.0748. The predicted octanol–water partition coefficient (Wildman–Crippen LogP) is 22.6. The first-order chi connectivity index (χ1) is 71.1. The molecule has 11 aliphatic heterocycles.